The predicted molar refractivity (Wildman–Crippen MR) is 63.9 cm³/mol. The Hall–Kier alpha value is -0.170. The molecule has 0 aliphatic carbocycles. The second kappa shape index (κ2) is 5.00. The molecule has 2 fully saturated rings. The highest BCUT2D eigenvalue weighted by atomic mass is 32.2. The minimum absolute atomic E-state index is 0.240. The minimum atomic E-state index is -3.03. The van der Waals surface area contributed by atoms with E-state index in [4.69, 9.17) is 0 Å². The largest absolute Gasteiger partial charge is 0.314 e. The number of likely N-dealkylation sites (tertiary alicyclic amines) is 1. The first-order valence-corrected chi connectivity index (χ1v) is 7.59. The average Bonchev–Trinajstić information content (AvgIpc) is 2.53. The van der Waals surface area contributed by atoms with Crippen LogP contribution in [0.15, 0.2) is 0 Å². The van der Waals surface area contributed by atoms with Gasteiger partial charge >= 0.3 is 0 Å². The lowest BCUT2D eigenvalue weighted by Gasteiger charge is -2.26. The molecule has 2 aliphatic heterocycles. The predicted octanol–water partition coefficient (Wildman–Crippen LogP) is -0.684. The third-order valence-corrected chi connectivity index (χ3v) is 5.39. The van der Waals surface area contributed by atoms with E-state index in [1.807, 2.05) is 0 Å². The van der Waals surface area contributed by atoms with Gasteiger partial charge in [-0.3, -0.25) is 0 Å². The molecule has 0 aromatic rings. The Bertz CT molecular complexity index is 331. The molecule has 6 heteroatoms. The lowest BCUT2D eigenvalue weighted by atomic mass is 10.2. The van der Waals surface area contributed by atoms with Crippen LogP contribution >= 0.6 is 0 Å². The maximum atomic E-state index is 12.0. The van der Waals surface area contributed by atoms with Gasteiger partial charge in [0.15, 0.2) is 0 Å². The summed E-state index contributed by atoms with van der Waals surface area (Å²) in [6, 6.07) is 0.410. The van der Waals surface area contributed by atoms with Gasteiger partial charge in [-0.15, -0.1) is 0 Å². The molecule has 94 valence electrons. The fourth-order valence-corrected chi connectivity index (χ4v) is 3.88. The summed E-state index contributed by atoms with van der Waals surface area (Å²) < 4.78 is 25.6. The Labute approximate surface area is 97.8 Å². The molecule has 2 aliphatic rings. The summed E-state index contributed by atoms with van der Waals surface area (Å²) in [4.78, 5) is 2.27. The highest BCUT2D eigenvalue weighted by Crippen LogP contribution is 2.17. The van der Waals surface area contributed by atoms with Gasteiger partial charge in [0.05, 0.1) is 5.75 Å². The third-order valence-electron chi connectivity index (χ3n) is 3.55. The van der Waals surface area contributed by atoms with E-state index in [0.717, 1.165) is 19.5 Å². The fraction of sp³-hybridized carbons (Fsp3) is 1.00. The van der Waals surface area contributed by atoms with Gasteiger partial charge in [-0.1, -0.05) is 0 Å². The van der Waals surface area contributed by atoms with Crippen molar-refractivity contribution in [3.8, 4) is 0 Å². The SMILES string of the molecule is CN1CCCC1CN1CCNCCS1(=O)=O. The van der Waals surface area contributed by atoms with Crippen LogP contribution in [0.2, 0.25) is 0 Å². The van der Waals surface area contributed by atoms with Crippen molar-refractivity contribution in [2.24, 2.45) is 0 Å². The number of rotatable bonds is 2. The highest BCUT2D eigenvalue weighted by Gasteiger charge is 2.29. The summed E-state index contributed by atoms with van der Waals surface area (Å²) in [6.45, 7) is 3.74. The zero-order valence-corrected chi connectivity index (χ0v) is 10.7. The molecule has 0 aromatic carbocycles. The van der Waals surface area contributed by atoms with Gasteiger partial charge in [0, 0.05) is 32.2 Å². The maximum Gasteiger partial charge on any atom is 0.215 e. The second-order valence-corrected chi connectivity index (χ2v) is 6.79. The van der Waals surface area contributed by atoms with Gasteiger partial charge in [0.2, 0.25) is 10.0 Å². The van der Waals surface area contributed by atoms with Crippen LogP contribution in [0, 0.1) is 0 Å². The number of sulfonamides is 1. The Morgan fingerprint density at radius 3 is 2.81 bits per heavy atom. The molecule has 16 heavy (non-hydrogen) atoms. The molecule has 5 nitrogen and oxygen atoms in total. The Kier molecular flexibility index (Phi) is 3.84. The van der Waals surface area contributed by atoms with Crippen molar-refractivity contribution in [3.05, 3.63) is 0 Å². The molecule has 2 heterocycles. The molecule has 0 radical (unpaired) electrons. The van der Waals surface area contributed by atoms with Crippen molar-refractivity contribution in [2.45, 2.75) is 18.9 Å². The van der Waals surface area contributed by atoms with Crippen molar-refractivity contribution >= 4 is 10.0 Å². The fourth-order valence-electron chi connectivity index (χ4n) is 2.45. The van der Waals surface area contributed by atoms with Crippen LogP contribution in [0.4, 0.5) is 0 Å². The quantitative estimate of drug-likeness (QED) is 0.702. The lowest BCUT2D eigenvalue weighted by Crippen LogP contribution is -2.43. The normalized spacial score (nSPS) is 32.7. The van der Waals surface area contributed by atoms with Crippen molar-refractivity contribution in [1.82, 2.24) is 14.5 Å². The van der Waals surface area contributed by atoms with Crippen LogP contribution < -0.4 is 5.32 Å². The first-order valence-electron chi connectivity index (χ1n) is 5.98. The number of nitrogens with zero attached hydrogens (tertiary/aromatic N) is 2. The first kappa shape index (κ1) is 12.3. The molecule has 0 saturated carbocycles. The zero-order valence-electron chi connectivity index (χ0n) is 9.85. The van der Waals surface area contributed by atoms with E-state index in [9.17, 15) is 8.42 Å². The second-order valence-electron chi connectivity index (χ2n) is 4.70. The maximum absolute atomic E-state index is 12.0. The molecular weight excluding hydrogens is 226 g/mol. The molecule has 1 unspecified atom stereocenters. The van der Waals surface area contributed by atoms with Gasteiger partial charge in [-0.05, 0) is 26.4 Å². The van der Waals surface area contributed by atoms with Crippen LogP contribution in [0.3, 0.4) is 0 Å². The van der Waals surface area contributed by atoms with Crippen LogP contribution in [0.25, 0.3) is 0 Å². The van der Waals surface area contributed by atoms with Crippen molar-refractivity contribution in [2.75, 3.05) is 45.5 Å². The highest BCUT2D eigenvalue weighted by molar-refractivity contribution is 7.89. The molecular formula is C10H21N3O2S. The van der Waals surface area contributed by atoms with Crippen LogP contribution in [0.5, 0.6) is 0 Å². The summed E-state index contributed by atoms with van der Waals surface area (Å²) in [6.07, 6.45) is 2.31. The summed E-state index contributed by atoms with van der Waals surface area (Å²) in [5, 5.41) is 3.13. The average molecular weight is 247 g/mol. The molecule has 0 aromatic heterocycles. The smallest absolute Gasteiger partial charge is 0.215 e. The Morgan fingerprint density at radius 1 is 1.31 bits per heavy atom. The van der Waals surface area contributed by atoms with E-state index in [1.165, 1.54) is 6.42 Å². The Morgan fingerprint density at radius 2 is 2.12 bits per heavy atom. The number of hydrogen-bond donors (Lipinski definition) is 1. The number of hydrogen-bond acceptors (Lipinski definition) is 4. The molecule has 0 bridgehead atoms. The van der Waals surface area contributed by atoms with E-state index in [1.54, 1.807) is 4.31 Å². The van der Waals surface area contributed by atoms with Crippen molar-refractivity contribution in [3.63, 3.8) is 0 Å². The van der Waals surface area contributed by atoms with Gasteiger partial charge in [-0.25, -0.2) is 8.42 Å². The lowest BCUT2D eigenvalue weighted by molar-refractivity contribution is 0.258. The van der Waals surface area contributed by atoms with Crippen LogP contribution in [0.1, 0.15) is 12.8 Å². The van der Waals surface area contributed by atoms with Crippen LogP contribution in [-0.2, 0) is 10.0 Å². The van der Waals surface area contributed by atoms with E-state index in [0.29, 0.717) is 25.7 Å². The first-order chi connectivity index (χ1) is 7.59. The number of likely N-dealkylation sites (N-methyl/N-ethyl adjacent to an activating group) is 1. The van der Waals surface area contributed by atoms with Gasteiger partial charge in [-0.2, -0.15) is 4.31 Å². The molecule has 2 saturated heterocycles. The molecule has 0 spiro atoms. The summed E-state index contributed by atoms with van der Waals surface area (Å²) in [7, 11) is -0.943. The summed E-state index contributed by atoms with van der Waals surface area (Å²) in [5.41, 5.74) is 0. The van der Waals surface area contributed by atoms with Crippen molar-refractivity contribution in [1.29, 1.82) is 0 Å². The number of nitrogens with one attached hydrogen (secondary N) is 1. The van der Waals surface area contributed by atoms with Crippen LogP contribution in [-0.4, -0.2) is 69.2 Å². The topological polar surface area (TPSA) is 52.6 Å². The third kappa shape index (κ3) is 2.74. The summed E-state index contributed by atoms with van der Waals surface area (Å²) >= 11 is 0. The van der Waals surface area contributed by atoms with E-state index in [2.05, 4.69) is 17.3 Å². The molecule has 1 N–H and O–H groups in total. The van der Waals surface area contributed by atoms with Crippen molar-refractivity contribution < 1.29 is 8.42 Å². The van der Waals surface area contributed by atoms with Gasteiger partial charge < -0.3 is 10.2 Å². The van der Waals surface area contributed by atoms with Gasteiger partial charge in [0.25, 0.3) is 0 Å². The van der Waals surface area contributed by atoms with E-state index < -0.39 is 10.0 Å². The standard InChI is InChI=1S/C10H21N3O2S/c1-12-6-2-3-10(12)9-13-7-4-11-5-8-16(13,14)15/h10-11H,2-9H2,1H3. The summed E-state index contributed by atoms with van der Waals surface area (Å²) in [5.74, 6) is 0.240. The molecule has 2 rings (SSSR count). The zero-order chi connectivity index (χ0) is 11.6. The monoisotopic (exact) mass is 247 g/mol. The van der Waals surface area contributed by atoms with E-state index >= 15 is 0 Å². The molecule has 0 amide bonds. The van der Waals surface area contributed by atoms with Gasteiger partial charge in [0.1, 0.15) is 0 Å². The minimum Gasteiger partial charge on any atom is -0.314 e. The Balaban J connectivity index is 2.01. The molecule has 1 atom stereocenters. The van der Waals surface area contributed by atoms with E-state index in [-0.39, 0.29) is 5.75 Å².